The van der Waals surface area contributed by atoms with Crippen LogP contribution in [0.25, 0.3) is 0 Å². The average molecular weight is 372 g/mol. The van der Waals surface area contributed by atoms with Gasteiger partial charge in [-0.15, -0.1) is 0 Å². The summed E-state index contributed by atoms with van der Waals surface area (Å²) in [6.07, 6.45) is 2.28. The summed E-state index contributed by atoms with van der Waals surface area (Å²) < 4.78 is 24.5. The molecule has 2 aromatic rings. The molecule has 0 saturated carbocycles. The van der Waals surface area contributed by atoms with Crippen LogP contribution in [0.5, 0.6) is 11.5 Å². The summed E-state index contributed by atoms with van der Waals surface area (Å²) in [5.41, 5.74) is 1.09. The maximum absolute atomic E-state index is 14.2. The molecule has 144 valence electrons. The Morgan fingerprint density at radius 2 is 1.81 bits per heavy atom. The molecule has 0 aromatic heterocycles. The van der Waals surface area contributed by atoms with Crippen molar-refractivity contribution in [2.45, 2.75) is 18.9 Å². The number of carbonyl (C=O) groups is 1. The van der Waals surface area contributed by atoms with Gasteiger partial charge in [-0.2, -0.15) is 0 Å². The Morgan fingerprint density at radius 3 is 2.48 bits per heavy atom. The second kappa shape index (κ2) is 8.86. The monoisotopic (exact) mass is 372 g/mol. The molecule has 1 amide bonds. The number of nitrogens with one attached hydrogen (secondary N) is 1. The van der Waals surface area contributed by atoms with Gasteiger partial charge in [-0.1, -0.05) is 12.1 Å². The molecular weight excluding hydrogens is 347 g/mol. The molecule has 1 aliphatic rings. The van der Waals surface area contributed by atoms with Crippen molar-refractivity contribution in [3.05, 3.63) is 59.4 Å². The number of amides is 1. The van der Waals surface area contributed by atoms with Gasteiger partial charge in [0.1, 0.15) is 17.3 Å². The van der Waals surface area contributed by atoms with Crippen molar-refractivity contribution in [2.24, 2.45) is 0 Å². The second-order valence-corrected chi connectivity index (χ2v) is 6.59. The van der Waals surface area contributed by atoms with Crippen LogP contribution in [0.3, 0.4) is 0 Å². The fourth-order valence-corrected chi connectivity index (χ4v) is 3.45. The first kappa shape index (κ1) is 19.2. The van der Waals surface area contributed by atoms with Gasteiger partial charge in [0, 0.05) is 12.6 Å². The van der Waals surface area contributed by atoms with Gasteiger partial charge in [0.15, 0.2) is 0 Å². The quantitative estimate of drug-likeness (QED) is 0.809. The van der Waals surface area contributed by atoms with Gasteiger partial charge in [0.05, 0.1) is 25.8 Å². The Balaban J connectivity index is 1.75. The van der Waals surface area contributed by atoms with Gasteiger partial charge in [-0.25, -0.2) is 4.39 Å². The minimum Gasteiger partial charge on any atom is -0.497 e. The minimum atomic E-state index is -0.592. The zero-order valence-electron chi connectivity index (χ0n) is 15.7. The zero-order chi connectivity index (χ0) is 19.2. The number of methoxy groups -OCH3 is 2. The third-order valence-electron chi connectivity index (χ3n) is 4.94. The van der Waals surface area contributed by atoms with Crippen LogP contribution in [-0.4, -0.2) is 44.7 Å². The maximum Gasteiger partial charge on any atom is 0.254 e. The first-order valence-corrected chi connectivity index (χ1v) is 9.12. The lowest BCUT2D eigenvalue weighted by molar-refractivity contribution is 0.0934. The van der Waals surface area contributed by atoms with Crippen LogP contribution in [0, 0.1) is 5.82 Å². The number of ether oxygens (including phenoxy) is 2. The summed E-state index contributed by atoms with van der Waals surface area (Å²) in [6, 6.07) is 12.1. The Labute approximate surface area is 159 Å². The number of hydrogen-bond donors (Lipinski definition) is 1. The summed E-state index contributed by atoms with van der Waals surface area (Å²) in [6.45, 7) is 2.36. The topological polar surface area (TPSA) is 50.8 Å². The largest absolute Gasteiger partial charge is 0.497 e. The fourth-order valence-electron chi connectivity index (χ4n) is 3.45. The highest BCUT2D eigenvalue weighted by atomic mass is 19.1. The standard InChI is InChI=1S/C21H25FN2O3/c1-26-16-7-5-6-15(12-16)20(24-10-3-4-11-24)14-23-21(25)18-9-8-17(27-2)13-19(18)22/h5-9,12-13,20H,3-4,10-11,14H2,1-2H3,(H,23,25). The number of halogens is 1. The maximum atomic E-state index is 14.2. The molecule has 0 radical (unpaired) electrons. The Bertz CT molecular complexity index is 791. The lowest BCUT2D eigenvalue weighted by Gasteiger charge is -2.28. The van der Waals surface area contributed by atoms with Crippen LogP contribution >= 0.6 is 0 Å². The molecule has 3 rings (SSSR count). The van der Waals surface area contributed by atoms with E-state index in [0.29, 0.717) is 12.3 Å². The Hall–Kier alpha value is -2.60. The van der Waals surface area contributed by atoms with Crippen molar-refractivity contribution < 1.29 is 18.7 Å². The number of carbonyl (C=O) groups excluding carboxylic acids is 1. The highest BCUT2D eigenvalue weighted by Crippen LogP contribution is 2.27. The molecule has 1 heterocycles. The predicted molar refractivity (Wildman–Crippen MR) is 102 cm³/mol. The van der Waals surface area contributed by atoms with Crippen molar-refractivity contribution in [2.75, 3.05) is 33.9 Å². The van der Waals surface area contributed by atoms with E-state index < -0.39 is 11.7 Å². The van der Waals surface area contributed by atoms with Crippen LogP contribution in [0.15, 0.2) is 42.5 Å². The third kappa shape index (κ3) is 4.57. The van der Waals surface area contributed by atoms with Gasteiger partial charge in [-0.05, 0) is 55.8 Å². The molecule has 0 aliphatic carbocycles. The molecule has 1 saturated heterocycles. The highest BCUT2D eigenvalue weighted by Gasteiger charge is 2.25. The molecule has 1 aliphatic heterocycles. The normalized spacial score (nSPS) is 15.4. The molecule has 1 atom stereocenters. The first-order valence-electron chi connectivity index (χ1n) is 9.12. The number of rotatable bonds is 7. The van der Waals surface area contributed by atoms with Gasteiger partial charge in [-0.3, -0.25) is 9.69 Å². The van der Waals surface area contributed by atoms with Crippen LogP contribution in [0.1, 0.15) is 34.8 Å². The number of likely N-dealkylation sites (tertiary alicyclic amines) is 1. The zero-order valence-corrected chi connectivity index (χ0v) is 15.7. The Kier molecular flexibility index (Phi) is 6.29. The van der Waals surface area contributed by atoms with Crippen molar-refractivity contribution in [3.63, 3.8) is 0 Å². The second-order valence-electron chi connectivity index (χ2n) is 6.59. The summed E-state index contributed by atoms with van der Waals surface area (Å²) in [4.78, 5) is 14.9. The lowest BCUT2D eigenvalue weighted by Crippen LogP contribution is -2.37. The lowest BCUT2D eigenvalue weighted by atomic mass is 10.0. The SMILES string of the molecule is COc1cccc(C(CNC(=O)c2ccc(OC)cc2F)N2CCCC2)c1. The number of nitrogens with zero attached hydrogens (tertiary/aromatic N) is 1. The molecular formula is C21H25FN2O3. The van der Waals surface area contributed by atoms with Crippen molar-refractivity contribution in [1.82, 2.24) is 10.2 Å². The first-order chi connectivity index (χ1) is 13.1. The van der Waals surface area contributed by atoms with Gasteiger partial charge >= 0.3 is 0 Å². The molecule has 0 bridgehead atoms. The molecule has 1 fully saturated rings. The van der Waals surface area contributed by atoms with Crippen LogP contribution in [0.4, 0.5) is 4.39 Å². The molecule has 1 unspecified atom stereocenters. The minimum absolute atomic E-state index is 0.0154. The van der Waals surface area contributed by atoms with E-state index in [2.05, 4.69) is 10.2 Å². The van der Waals surface area contributed by atoms with E-state index in [0.717, 1.165) is 37.2 Å². The third-order valence-corrected chi connectivity index (χ3v) is 4.94. The smallest absolute Gasteiger partial charge is 0.254 e. The summed E-state index contributed by atoms with van der Waals surface area (Å²) in [5.74, 6) is 0.146. The summed E-state index contributed by atoms with van der Waals surface area (Å²) in [5, 5.41) is 2.89. The molecule has 5 nitrogen and oxygen atoms in total. The van der Waals surface area contributed by atoms with Crippen LogP contribution in [0.2, 0.25) is 0 Å². The fraction of sp³-hybridized carbons (Fsp3) is 0.381. The van der Waals surface area contributed by atoms with Crippen molar-refractivity contribution in [1.29, 1.82) is 0 Å². The predicted octanol–water partition coefficient (Wildman–Crippen LogP) is 3.41. The van der Waals surface area contributed by atoms with Gasteiger partial charge < -0.3 is 14.8 Å². The average Bonchev–Trinajstić information content (AvgIpc) is 3.22. The van der Waals surface area contributed by atoms with E-state index in [4.69, 9.17) is 9.47 Å². The van der Waals surface area contributed by atoms with Crippen molar-refractivity contribution >= 4 is 5.91 Å². The summed E-state index contributed by atoms with van der Waals surface area (Å²) >= 11 is 0. The summed E-state index contributed by atoms with van der Waals surface area (Å²) in [7, 11) is 3.10. The number of benzene rings is 2. The van der Waals surface area contributed by atoms with E-state index >= 15 is 0 Å². The van der Waals surface area contributed by atoms with Crippen LogP contribution in [-0.2, 0) is 0 Å². The van der Waals surface area contributed by atoms with E-state index in [1.807, 2.05) is 24.3 Å². The van der Waals surface area contributed by atoms with E-state index in [1.165, 1.54) is 19.2 Å². The molecule has 0 spiro atoms. The molecule has 27 heavy (non-hydrogen) atoms. The highest BCUT2D eigenvalue weighted by molar-refractivity contribution is 5.94. The van der Waals surface area contributed by atoms with Gasteiger partial charge in [0.25, 0.3) is 5.91 Å². The Morgan fingerprint density at radius 1 is 1.11 bits per heavy atom. The molecule has 2 aromatic carbocycles. The van der Waals surface area contributed by atoms with Gasteiger partial charge in [0.2, 0.25) is 0 Å². The van der Waals surface area contributed by atoms with E-state index in [9.17, 15) is 9.18 Å². The number of hydrogen-bond acceptors (Lipinski definition) is 4. The van der Waals surface area contributed by atoms with Crippen molar-refractivity contribution in [3.8, 4) is 11.5 Å². The van der Waals surface area contributed by atoms with E-state index in [-0.39, 0.29) is 11.6 Å². The van der Waals surface area contributed by atoms with E-state index in [1.54, 1.807) is 13.2 Å². The van der Waals surface area contributed by atoms with Crippen LogP contribution < -0.4 is 14.8 Å². The molecule has 6 heteroatoms. The molecule has 1 N–H and O–H groups in total.